The van der Waals surface area contributed by atoms with Crippen molar-refractivity contribution >= 4 is 33.2 Å². The molecule has 0 spiro atoms. The second kappa shape index (κ2) is 3.91. The van der Waals surface area contributed by atoms with Crippen LogP contribution in [0.3, 0.4) is 0 Å². The number of anilines is 1. The predicted octanol–water partition coefficient (Wildman–Crippen LogP) is 3.91. The van der Waals surface area contributed by atoms with Crippen LogP contribution in [0.2, 0.25) is 0 Å². The summed E-state index contributed by atoms with van der Waals surface area (Å²) >= 11 is 0. The number of hydrogen-bond acceptors (Lipinski definition) is 3. The van der Waals surface area contributed by atoms with Gasteiger partial charge in [-0.15, -0.1) is 0 Å². The lowest BCUT2D eigenvalue weighted by Gasteiger charge is -2.06. The molecular weight excluding hydrogens is 226 g/mol. The van der Waals surface area contributed by atoms with E-state index in [1.165, 1.54) is 0 Å². The van der Waals surface area contributed by atoms with Crippen LogP contribution < -0.4 is 5.73 Å². The average molecular weight is 235 g/mol. The molecule has 0 atom stereocenters. The van der Waals surface area contributed by atoms with Crippen LogP contribution in [0, 0.1) is 0 Å². The van der Waals surface area contributed by atoms with Gasteiger partial charge in [0.1, 0.15) is 0 Å². The lowest BCUT2D eigenvalue weighted by atomic mass is 10.1. The standard InChI is InChI=1S/C13H9N5/c14-13-9-3-1-2-4-11(9)16-12-7-8(17-18-15)5-6-10(12)13/h1-7H,(H2,14,16). The number of benzene rings is 2. The summed E-state index contributed by atoms with van der Waals surface area (Å²) in [5, 5.41) is 5.36. The van der Waals surface area contributed by atoms with Crippen molar-refractivity contribution in [3.05, 3.63) is 52.9 Å². The summed E-state index contributed by atoms with van der Waals surface area (Å²) in [7, 11) is 0. The van der Waals surface area contributed by atoms with E-state index in [2.05, 4.69) is 15.0 Å². The van der Waals surface area contributed by atoms with E-state index in [0.717, 1.165) is 21.8 Å². The Morgan fingerprint density at radius 1 is 1.06 bits per heavy atom. The van der Waals surface area contributed by atoms with Gasteiger partial charge in [0.05, 0.1) is 16.7 Å². The van der Waals surface area contributed by atoms with Crippen LogP contribution >= 0.6 is 0 Å². The fourth-order valence-electron chi connectivity index (χ4n) is 2.03. The number of hydrogen-bond donors (Lipinski definition) is 1. The molecule has 0 fully saturated rings. The highest BCUT2D eigenvalue weighted by atomic mass is 15.1. The maximum Gasteiger partial charge on any atom is 0.0735 e. The monoisotopic (exact) mass is 235 g/mol. The number of fused-ring (bicyclic) bond motifs is 2. The van der Waals surface area contributed by atoms with Gasteiger partial charge in [-0.25, -0.2) is 4.98 Å². The normalized spacial score (nSPS) is 10.4. The van der Waals surface area contributed by atoms with Gasteiger partial charge in [-0.3, -0.25) is 0 Å². The summed E-state index contributed by atoms with van der Waals surface area (Å²) in [6, 6.07) is 13.0. The van der Waals surface area contributed by atoms with E-state index in [-0.39, 0.29) is 0 Å². The second-order valence-corrected chi connectivity index (χ2v) is 3.93. The van der Waals surface area contributed by atoms with Gasteiger partial charge < -0.3 is 5.73 Å². The van der Waals surface area contributed by atoms with E-state index in [4.69, 9.17) is 11.3 Å². The van der Waals surface area contributed by atoms with Crippen LogP contribution in [0.4, 0.5) is 11.4 Å². The Bertz CT molecular complexity index is 803. The van der Waals surface area contributed by atoms with Crippen molar-refractivity contribution in [2.45, 2.75) is 0 Å². The maximum atomic E-state index is 8.43. The minimum atomic E-state index is 0.534. The van der Waals surface area contributed by atoms with Crippen LogP contribution in [-0.4, -0.2) is 4.98 Å². The Balaban J connectivity index is 2.43. The molecular formula is C13H9N5. The van der Waals surface area contributed by atoms with Crippen molar-refractivity contribution < 1.29 is 0 Å². The van der Waals surface area contributed by atoms with Crippen LogP contribution in [0.5, 0.6) is 0 Å². The summed E-state index contributed by atoms with van der Waals surface area (Å²) in [5.41, 5.74) is 17.4. The molecule has 0 bridgehead atoms. The Morgan fingerprint density at radius 3 is 2.67 bits per heavy atom. The van der Waals surface area contributed by atoms with E-state index >= 15 is 0 Å². The van der Waals surface area contributed by atoms with Crippen LogP contribution in [0.25, 0.3) is 32.2 Å². The van der Waals surface area contributed by atoms with Gasteiger partial charge in [0, 0.05) is 21.4 Å². The largest absolute Gasteiger partial charge is 0.398 e. The van der Waals surface area contributed by atoms with Crippen LogP contribution in [0.1, 0.15) is 0 Å². The number of rotatable bonds is 1. The molecule has 0 aliphatic rings. The molecule has 1 heterocycles. The third kappa shape index (κ3) is 1.50. The molecule has 2 N–H and O–H groups in total. The molecule has 5 heteroatoms. The highest BCUT2D eigenvalue weighted by Gasteiger charge is 2.05. The molecule has 2 aromatic carbocycles. The van der Waals surface area contributed by atoms with Crippen molar-refractivity contribution in [3.63, 3.8) is 0 Å². The van der Waals surface area contributed by atoms with Gasteiger partial charge in [0.2, 0.25) is 0 Å². The SMILES string of the molecule is [N-]=[N+]=Nc1ccc2c(N)c3ccccc3nc2c1. The molecule has 18 heavy (non-hydrogen) atoms. The smallest absolute Gasteiger partial charge is 0.0735 e. The lowest BCUT2D eigenvalue weighted by molar-refractivity contribution is 1.45. The van der Waals surface area contributed by atoms with Crippen LogP contribution in [-0.2, 0) is 0 Å². The molecule has 0 amide bonds. The summed E-state index contributed by atoms with van der Waals surface area (Å²) in [5.74, 6) is 0. The van der Waals surface area contributed by atoms with Crippen molar-refractivity contribution in [2.75, 3.05) is 5.73 Å². The van der Waals surface area contributed by atoms with Crippen LogP contribution in [0.15, 0.2) is 47.6 Å². The zero-order chi connectivity index (χ0) is 12.5. The first-order valence-corrected chi connectivity index (χ1v) is 5.42. The fourth-order valence-corrected chi connectivity index (χ4v) is 2.03. The topological polar surface area (TPSA) is 87.7 Å². The highest BCUT2D eigenvalue weighted by Crippen LogP contribution is 2.30. The van der Waals surface area contributed by atoms with Gasteiger partial charge in [-0.2, -0.15) is 0 Å². The fraction of sp³-hybridized carbons (Fsp3) is 0. The summed E-state index contributed by atoms with van der Waals surface area (Å²) in [4.78, 5) is 7.28. The lowest BCUT2D eigenvalue weighted by Crippen LogP contribution is -1.92. The third-order valence-corrected chi connectivity index (χ3v) is 2.87. The number of nitrogens with two attached hydrogens (primary N) is 1. The van der Waals surface area contributed by atoms with Crippen molar-refractivity contribution in [3.8, 4) is 0 Å². The molecule has 5 nitrogen and oxygen atoms in total. The Kier molecular flexibility index (Phi) is 2.25. The van der Waals surface area contributed by atoms with E-state index in [9.17, 15) is 0 Å². The zero-order valence-corrected chi connectivity index (χ0v) is 9.41. The van der Waals surface area contributed by atoms with Gasteiger partial charge in [-0.1, -0.05) is 35.4 Å². The van der Waals surface area contributed by atoms with Crippen molar-refractivity contribution in [1.82, 2.24) is 4.98 Å². The van der Waals surface area contributed by atoms with E-state index < -0.39 is 0 Å². The number of pyridine rings is 1. The van der Waals surface area contributed by atoms with Crippen molar-refractivity contribution in [2.24, 2.45) is 5.11 Å². The highest BCUT2D eigenvalue weighted by molar-refractivity contribution is 6.06. The molecule has 0 saturated carbocycles. The minimum absolute atomic E-state index is 0.534. The van der Waals surface area contributed by atoms with Gasteiger partial charge >= 0.3 is 0 Å². The first-order chi connectivity index (χ1) is 8.79. The summed E-state index contributed by atoms with van der Waals surface area (Å²) in [6.07, 6.45) is 0. The molecule has 0 aliphatic heterocycles. The molecule has 0 aliphatic carbocycles. The molecule has 1 aromatic heterocycles. The molecule has 0 saturated heterocycles. The number of aromatic nitrogens is 1. The molecule has 86 valence electrons. The van der Waals surface area contributed by atoms with E-state index in [1.807, 2.05) is 30.3 Å². The van der Waals surface area contributed by atoms with Gasteiger partial charge in [0.25, 0.3) is 0 Å². The predicted molar refractivity (Wildman–Crippen MR) is 72.5 cm³/mol. The Hall–Kier alpha value is -2.78. The quantitative estimate of drug-likeness (QED) is 0.300. The number of nitrogens with zero attached hydrogens (tertiary/aromatic N) is 4. The Morgan fingerprint density at radius 2 is 1.83 bits per heavy atom. The summed E-state index contributed by atoms with van der Waals surface area (Å²) in [6.45, 7) is 0. The molecule has 0 unspecified atom stereocenters. The van der Waals surface area contributed by atoms with Crippen molar-refractivity contribution in [1.29, 1.82) is 0 Å². The molecule has 3 aromatic rings. The number of nitrogen functional groups attached to an aromatic ring is 1. The molecule has 3 rings (SSSR count). The first kappa shape index (κ1) is 10.4. The van der Waals surface area contributed by atoms with Gasteiger partial charge in [-0.05, 0) is 17.7 Å². The third-order valence-electron chi connectivity index (χ3n) is 2.87. The minimum Gasteiger partial charge on any atom is -0.398 e. The van der Waals surface area contributed by atoms with E-state index in [0.29, 0.717) is 11.4 Å². The maximum absolute atomic E-state index is 8.43. The van der Waals surface area contributed by atoms with Gasteiger partial charge in [0.15, 0.2) is 0 Å². The second-order valence-electron chi connectivity index (χ2n) is 3.93. The number of para-hydroxylation sites is 1. The first-order valence-electron chi connectivity index (χ1n) is 5.42. The Labute approximate surface area is 102 Å². The molecule has 0 radical (unpaired) electrons. The number of azide groups is 1. The zero-order valence-electron chi connectivity index (χ0n) is 9.41. The average Bonchev–Trinajstić information content (AvgIpc) is 2.39. The van der Waals surface area contributed by atoms with E-state index in [1.54, 1.807) is 12.1 Å². The summed E-state index contributed by atoms with van der Waals surface area (Å²) < 4.78 is 0.